The summed E-state index contributed by atoms with van der Waals surface area (Å²) >= 11 is 0. The van der Waals surface area contributed by atoms with Crippen LogP contribution in [0.5, 0.6) is 0 Å². The average Bonchev–Trinajstić information content (AvgIpc) is 2.19. The van der Waals surface area contributed by atoms with Crippen LogP contribution in [-0.2, 0) is 4.79 Å². The van der Waals surface area contributed by atoms with Crippen LogP contribution in [0, 0.1) is 0 Å². The van der Waals surface area contributed by atoms with Gasteiger partial charge in [0, 0.05) is 6.42 Å². The van der Waals surface area contributed by atoms with E-state index in [1.807, 2.05) is 0 Å². The minimum atomic E-state index is -1.10. The third kappa shape index (κ3) is 2.13. The van der Waals surface area contributed by atoms with Crippen LogP contribution in [0.3, 0.4) is 0 Å². The van der Waals surface area contributed by atoms with E-state index in [9.17, 15) is 9.90 Å². The molecule has 0 aliphatic heterocycles. The first-order valence-electron chi connectivity index (χ1n) is 4.37. The molecule has 0 radical (unpaired) electrons. The zero-order chi connectivity index (χ0) is 10.6. The SMILES string of the molecule is CCC(O)=C(C(=O)O)c1ccccc1. The van der Waals surface area contributed by atoms with Gasteiger partial charge in [-0.3, -0.25) is 0 Å². The fourth-order valence-corrected chi connectivity index (χ4v) is 1.20. The molecular formula is C11H12O3. The van der Waals surface area contributed by atoms with Crippen LogP contribution in [0.4, 0.5) is 0 Å². The number of carboxylic acid groups (broad SMARTS) is 1. The summed E-state index contributed by atoms with van der Waals surface area (Å²) < 4.78 is 0. The Morgan fingerprint density at radius 2 is 1.79 bits per heavy atom. The first-order valence-corrected chi connectivity index (χ1v) is 4.37. The van der Waals surface area contributed by atoms with Gasteiger partial charge in [0.1, 0.15) is 11.3 Å². The number of hydrogen-bond donors (Lipinski definition) is 2. The van der Waals surface area contributed by atoms with Crippen LogP contribution >= 0.6 is 0 Å². The Kier molecular flexibility index (Phi) is 3.29. The van der Waals surface area contributed by atoms with Crippen molar-refractivity contribution in [2.75, 3.05) is 0 Å². The predicted octanol–water partition coefficient (Wildman–Crippen LogP) is 2.45. The maximum Gasteiger partial charge on any atom is 0.339 e. The molecule has 3 heteroatoms. The Morgan fingerprint density at radius 3 is 2.21 bits per heavy atom. The Labute approximate surface area is 82.3 Å². The summed E-state index contributed by atoms with van der Waals surface area (Å²) in [6, 6.07) is 8.60. The fraction of sp³-hybridized carbons (Fsp3) is 0.182. The van der Waals surface area contributed by atoms with Gasteiger partial charge in [-0.1, -0.05) is 37.3 Å². The summed E-state index contributed by atoms with van der Waals surface area (Å²) in [5, 5.41) is 18.4. The standard InChI is InChI=1S/C11H12O3/c1-2-9(12)10(11(13)14)8-6-4-3-5-7-8/h3-7,12H,2H2,1H3,(H,13,14). The maximum atomic E-state index is 10.9. The van der Waals surface area contributed by atoms with Crippen molar-refractivity contribution < 1.29 is 15.0 Å². The van der Waals surface area contributed by atoms with Crippen LogP contribution in [0.25, 0.3) is 5.57 Å². The third-order valence-electron chi connectivity index (χ3n) is 1.90. The highest BCUT2D eigenvalue weighted by molar-refractivity contribution is 6.15. The minimum absolute atomic E-state index is 0.0203. The van der Waals surface area contributed by atoms with Crippen molar-refractivity contribution in [2.45, 2.75) is 13.3 Å². The lowest BCUT2D eigenvalue weighted by Crippen LogP contribution is -2.03. The van der Waals surface area contributed by atoms with Gasteiger partial charge in [0.25, 0.3) is 0 Å². The first kappa shape index (κ1) is 10.3. The van der Waals surface area contributed by atoms with Crippen LogP contribution in [0.1, 0.15) is 18.9 Å². The molecule has 1 aromatic carbocycles. The molecule has 0 aromatic heterocycles. The van der Waals surface area contributed by atoms with E-state index in [2.05, 4.69) is 0 Å². The van der Waals surface area contributed by atoms with Gasteiger partial charge >= 0.3 is 5.97 Å². The van der Waals surface area contributed by atoms with Crippen molar-refractivity contribution in [1.29, 1.82) is 0 Å². The molecule has 74 valence electrons. The van der Waals surface area contributed by atoms with Crippen molar-refractivity contribution in [3.05, 3.63) is 41.7 Å². The van der Waals surface area contributed by atoms with Crippen LogP contribution in [0.15, 0.2) is 36.1 Å². The van der Waals surface area contributed by atoms with Gasteiger partial charge in [-0.15, -0.1) is 0 Å². The number of carboxylic acids is 1. The second-order valence-corrected chi connectivity index (χ2v) is 2.85. The van der Waals surface area contributed by atoms with Crippen molar-refractivity contribution >= 4 is 11.5 Å². The molecule has 1 rings (SSSR count). The summed E-state index contributed by atoms with van der Waals surface area (Å²) in [6.45, 7) is 1.71. The molecule has 1 aromatic rings. The number of carbonyl (C=O) groups is 1. The van der Waals surface area contributed by atoms with Crippen molar-refractivity contribution in [1.82, 2.24) is 0 Å². The van der Waals surface area contributed by atoms with Crippen LogP contribution < -0.4 is 0 Å². The second kappa shape index (κ2) is 4.46. The van der Waals surface area contributed by atoms with Gasteiger partial charge in [0.05, 0.1) is 0 Å². The minimum Gasteiger partial charge on any atom is -0.511 e. The molecule has 0 heterocycles. The van der Waals surface area contributed by atoms with Gasteiger partial charge in [0.2, 0.25) is 0 Å². The predicted molar refractivity (Wildman–Crippen MR) is 53.9 cm³/mol. The molecule has 0 aliphatic carbocycles. The zero-order valence-corrected chi connectivity index (χ0v) is 7.90. The van der Waals surface area contributed by atoms with Crippen molar-refractivity contribution in [2.24, 2.45) is 0 Å². The highest BCUT2D eigenvalue weighted by Crippen LogP contribution is 2.19. The summed E-state index contributed by atoms with van der Waals surface area (Å²) in [5.74, 6) is -1.20. The molecule has 0 saturated carbocycles. The lowest BCUT2D eigenvalue weighted by atomic mass is 10.0. The first-order chi connectivity index (χ1) is 6.66. The molecule has 0 aliphatic rings. The molecule has 0 fully saturated rings. The van der Waals surface area contributed by atoms with E-state index in [0.717, 1.165) is 0 Å². The highest BCUT2D eigenvalue weighted by Gasteiger charge is 2.14. The fourth-order valence-electron chi connectivity index (χ4n) is 1.20. The number of allylic oxidation sites excluding steroid dienone is 1. The number of aliphatic carboxylic acids is 1. The van der Waals surface area contributed by atoms with Gasteiger partial charge in [0.15, 0.2) is 0 Å². The summed E-state index contributed by atoms with van der Waals surface area (Å²) in [4.78, 5) is 10.9. The van der Waals surface area contributed by atoms with E-state index in [4.69, 9.17) is 5.11 Å². The Bertz CT molecular complexity index is 352. The lowest BCUT2D eigenvalue weighted by Gasteiger charge is -2.04. The van der Waals surface area contributed by atoms with Gasteiger partial charge in [-0.2, -0.15) is 0 Å². The van der Waals surface area contributed by atoms with Gasteiger partial charge in [-0.25, -0.2) is 4.79 Å². The summed E-state index contributed by atoms with van der Waals surface area (Å²) in [5.41, 5.74) is 0.507. The number of aliphatic hydroxyl groups is 1. The second-order valence-electron chi connectivity index (χ2n) is 2.85. The molecule has 0 saturated heterocycles. The molecule has 0 bridgehead atoms. The van der Waals surface area contributed by atoms with Crippen molar-refractivity contribution in [3.63, 3.8) is 0 Å². The molecule has 0 unspecified atom stereocenters. The van der Waals surface area contributed by atoms with Crippen LogP contribution in [0.2, 0.25) is 0 Å². The monoisotopic (exact) mass is 192 g/mol. The maximum absolute atomic E-state index is 10.9. The van der Waals surface area contributed by atoms with Gasteiger partial charge < -0.3 is 10.2 Å². The van der Waals surface area contributed by atoms with E-state index in [1.165, 1.54) is 0 Å². The number of hydrogen-bond acceptors (Lipinski definition) is 2. The zero-order valence-electron chi connectivity index (χ0n) is 7.90. The van der Waals surface area contributed by atoms with E-state index in [0.29, 0.717) is 12.0 Å². The lowest BCUT2D eigenvalue weighted by molar-refractivity contribution is -0.130. The highest BCUT2D eigenvalue weighted by atomic mass is 16.4. The van der Waals surface area contributed by atoms with Crippen LogP contribution in [-0.4, -0.2) is 16.2 Å². The number of rotatable bonds is 3. The summed E-state index contributed by atoms with van der Waals surface area (Å²) in [6.07, 6.45) is 0.316. The van der Waals surface area contributed by atoms with E-state index in [-0.39, 0.29) is 11.3 Å². The van der Waals surface area contributed by atoms with E-state index < -0.39 is 5.97 Å². The average molecular weight is 192 g/mol. The van der Waals surface area contributed by atoms with Crippen molar-refractivity contribution in [3.8, 4) is 0 Å². The largest absolute Gasteiger partial charge is 0.511 e. The number of aliphatic hydroxyl groups excluding tert-OH is 1. The molecule has 0 amide bonds. The molecule has 2 N–H and O–H groups in total. The van der Waals surface area contributed by atoms with Gasteiger partial charge in [-0.05, 0) is 5.56 Å². The molecule has 0 atom stereocenters. The smallest absolute Gasteiger partial charge is 0.339 e. The number of benzene rings is 1. The molecule has 3 nitrogen and oxygen atoms in total. The topological polar surface area (TPSA) is 57.5 Å². The summed E-state index contributed by atoms with van der Waals surface area (Å²) in [7, 11) is 0. The molecule has 0 spiro atoms. The Hall–Kier alpha value is -1.77. The third-order valence-corrected chi connectivity index (χ3v) is 1.90. The Balaban J connectivity index is 3.21. The molecular weight excluding hydrogens is 180 g/mol. The Morgan fingerprint density at radius 1 is 1.21 bits per heavy atom. The molecule has 14 heavy (non-hydrogen) atoms. The quantitative estimate of drug-likeness (QED) is 0.571. The normalized spacial score (nSPS) is 12.1. The van der Waals surface area contributed by atoms with E-state index >= 15 is 0 Å². The van der Waals surface area contributed by atoms with E-state index in [1.54, 1.807) is 37.3 Å².